The Kier molecular flexibility index (Phi) is 6.01. The average Bonchev–Trinajstić information content (AvgIpc) is 2.60. The van der Waals surface area contributed by atoms with Crippen molar-refractivity contribution in [3.8, 4) is 5.75 Å². The summed E-state index contributed by atoms with van der Waals surface area (Å²) in [7, 11) is 1.63. The van der Waals surface area contributed by atoms with E-state index >= 15 is 0 Å². The number of para-hydroxylation sites is 1. The number of pyridine rings is 1. The molecule has 0 bridgehead atoms. The Morgan fingerprint density at radius 1 is 1.12 bits per heavy atom. The van der Waals surface area contributed by atoms with Crippen molar-refractivity contribution in [1.29, 1.82) is 0 Å². The van der Waals surface area contributed by atoms with Crippen LogP contribution in [0.3, 0.4) is 0 Å². The number of hydrogen-bond donors (Lipinski definition) is 2. The van der Waals surface area contributed by atoms with Gasteiger partial charge in [0.15, 0.2) is 0 Å². The molecular formula is C19H21ClN2O2. The minimum absolute atomic E-state index is 0. The number of methoxy groups -OCH3 is 1. The van der Waals surface area contributed by atoms with Crippen molar-refractivity contribution >= 4 is 29.0 Å². The quantitative estimate of drug-likeness (QED) is 0.732. The van der Waals surface area contributed by atoms with Gasteiger partial charge < -0.3 is 15.2 Å². The number of hydrogen-bond acceptors (Lipinski definition) is 4. The first-order valence-electron chi connectivity index (χ1n) is 7.59. The summed E-state index contributed by atoms with van der Waals surface area (Å²) in [5.74, 6) is 0.705. The van der Waals surface area contributed by atoms with Crippen LogP contribution in [0.1, 0.15) is 16.8 Å². The van der Waals surface area contributed by atoms with E-state index in [1.807, 2.05) is 36.4 Å². The highest BCUT2D eigenvalue weighted by molar-refractivity contribution is 5.95. The first-order chi connectivity index (χ1) is 11.2. The molecule has 0 saturated heterocycles. The van der Waals surface area contributed by atoms with E-state index in [0.29, 0.717) is 18.0 Å². The first-order valence-corrected chi connectivity index (χ1v) is 7.59. The molecule has 0 aliphatic heterocycles. The fraction of sp³-hybridized carbons (Fsp3) is 0.211. The molecule has 0 amide bonds. The molecule has 0 radical (unpaired) electrons. The van der Waals surface area contributed by atoms with Gasteiger partial charge in [-0.2, -0.15) is 0 Å². The average molecular weight is 345 g/mol. The summed E-state index contributed by atoms with van der Waals surface area (Å²) in [6.45, 7) is 2.71. The molecule has 1 aromatic heterocycles. The zero-order valence-corrected chi connectivity index (χ0v) is 14.6. The summed E-state index contributed by atoms with van der Waals surface area (Å²) in [5.41, 5.74) is 4.81. The van der Waals surface area contributed by atoms with E-state index in [0.717, 1.165) is 16.6 Å². The summed E-state index contributed by atoms with van der Waals surface area (Å²) in [5, 5.41) is 13.9. The Hall–Kier alpha value is -2.30. The second-order valence-electron chi connectivity index (χ2n) is 5.46. The third-order valence-electron chi connectivity index (χ3n) is 3.97. The highest BCUT2D eigenvalue weighted by Crippen LogP contribution is 2.30. The molecular weight excluding hydrogens is 324 g/mol. The Labute approximate surface area is 147 Å². The lowest BCUT2D eigenvalue weighted by Crippen LogP contribution is -2.04. The minimum atomic E-state index is -0.104. The Morgan fingerprint density at radius 3 is 2.62 bits per heavy atom. The fourth-order valence-electron chi connectivity index (χ4n) is 2.67. The SMILES string of the molecule is COc1cccc2c(NCc3ccccc3C)cc(CO)nc12.Cl. The zero-order chi connectivity index (χ0) is 16.2. The number of ether oxygens (including phenoxy) is 1. The number of aromatic nitrogens is 1. The van der Waals surface area contributed by atoms with Crippen LogP contribution in [-0.4, -0.2) is 17.2 Å². The van der Waals surface area contributed by atoms with Crippen molar-refractivity contribution in [3.63, 3.8) is 0 Å². The molecule has 4 nitrogen and oxygen atoms in total. The predicted molar refractivity (Wildman–Crippen MR) is 100.0 cm³/mol. The van der Waals surface area contributed by atoms with Crippen LogP contribution in [0.25, 0.3) is 10.9 Å². The van der Waals surface area contributed by atoms with Gasteiger partial charge in [-0.05, 0) is 30.2 Å². The molecule has 24 heavy (non-hydrogen) atoms. The summed E-state index contributed by atoms with van der Waals surface area (Å²) in [4.78, 5) is 4.48. The fourth-order valence-corrected chi connectivity index (χ4v) is 2.67. The molecule has 2 aromatic carbocycles. The topological polar surface area (TPSA) is 54.4 Å². The van der Waals surface area contributed by atoms with Gasteiger partial charge in [0.2, 0.25) is 0 Å². The van der Waals surface area contributed by atoms with E-state index in [-0.39, 0.29) is 19.0 Å². The molecule has 0 aliphatic rings. The van der Waals surface area contributed by atoms with E-state index in [1.54, 1.807) is 7.11 Å². The zero-order valence-electron chi connectivity index (χ0n) is 13.7. The van der Waals surface area contributed by atoms with Crippen LogP contribution >= 0.6 is 12.4 Å². The van der Waals surface area contributed by atoms with Crippen molar-refractivity contribution in [2.75, 3.05) is 12.4 Å². The summed E-state index contributed by atoms with van der Waals surface area (Å²) in [6.07, 6.45) is 0. The largest absolute Gasteiger partial charge is 0.494 e. The van der Waals surface area contributed by atoms with Gasteiger partial charge in [-0.3, -0.25) is 0 Å². The van der Waals surface area contributed by atoms with Crippen LogP contribution in [0.5, 0.6) is 5.75 Å². The lowest BCUT2D eigenvalue weighted by atomic mass is 10.1. The maximum absolute atomic E-state index is 9.48. The van der Waals surface area contributed by atoms with Gasteiger partial charge >= 0.3 is 0 Å². The van der Waals surface area contributed by atoms with Gasteiger partial charge in [0.05, 0.1) is 19.4 Å². The molecule has 0 spiro atoms. The lowest BCUT2D eigenvalue weighted by Gasteiger charge is -2.14. The standard InChI is InChI=1S/C19H20N2O2.ClH/c1-13-6-3-4-7-14(13)11-20-17-10-15(12-22)21-19-16(17)8-5-9-18(19)23-2;/h3-10,22H,11-12H2,1-2H3,(H,20,21);1H. The van der Waals surface area contributed by atoms with Crippen LogP contribution in [0.2, 0.25) is 0 Å². The van der Waals surface area contributed by atoms with Gasteiger partial charge in [-0.1, -0.05) is 36.4 Å². The Balaban J connectivity index is 0.00000208. The molecule has 3 aromatic rings. The third-order valence-corrected chi connectivity index (χ3v) is 3.97. The Bertz CT molecular complexity index is 837. The normalized spacial score (nSPS) is 10.3. The van der Waals surface area contributed by atoms with Gasteiger partial charge in [0, 0.05) is 17.6 Å². The van der Waals surface area contributed by atoms with Crippen molar-refractivity contribution in [3.05, 3.63) is 65.4 Å². The van der Waals surface area contributed by atoms with Crippen LogP contribution in [0.4, 0.5) is 5.69 Å². The highest BCUT2D eigenvalue weighted by atomic mass is 35.5. The second kappa shape index (κ2) is 7.99. The van der Waals surface area contributed by atoms with Crippen LogP contribution in [0, 0.1) is 6.92 Å². The monoisotopic (exact) mass is 344 g/mol. The number of nitrogens with zero attached hydrogens (tertiary/aromatic N) is 1. The summed E-state index contributed by atoms with van der Waals surface area (Å²) < 4.78 is 5.39. The van der Waals surface area contributed by atoms with Gasteiger partial charge in [-0.15, -0.1) is 12.4 Å². The number of halogens is 1. The molecule has 3 rings (SSSR count). The number of fused-ring (bicyclic) bond motifs is 1. The lowest BCUT2D eigenvalue weighted by molar-refractivity contribution is 0.277. The number of rotatable bonds is 5. The highest BCUT2D eigenvalue weighted by Gasteiger charge is 2.10. The molecule has 2 N–H and O–H groups in total. The van der Waals surface area contributed by atoms with E-state index in [4.69, 9.17) is 4.74 Å². The minimum Gasteiger partial charge on any atom is -0.494 e. The second-order valence-corrected chi connectivity index (χ2v) is 5.46. The molecule has 5 heteroatoms. The maximum Gasteiger partial charge on any atom is 0.145 e. The van der Waals surface area contributed by atoms with E-state index in [1.165, 1.54) is 11.1 Å². The molecule has 1 heterocycles. The van der Waals surface area contributed by atoms with E-state index in [9.17, 15) is 5.11 Å². The Morgan fingerprint density at radius 2 is 1.92 bits per heavy atom. The first kappa shape index (κ1) is 18.0. The van der Waals surface area contributed by atoms with Gasteiger partial charge in [0.25, 0.3) is 0 Å². The molecule has 0 unspecified atom stereocenters. The summed E-state index contributed by atoms with van der Waals surface area (Å²) in [6, 6.07) is 16.0. The number of aliphatic hydroxyl groups is 1. The number of aliphatic hydroxyl groups excluding tert-OH is 1. The van der Waals surface area contributed by atoms with Crippen LogP contribution in [0.15, 0.2) is 48.5 Å². The number of aryl methyl sites for hydroxylation is 1. The number of anilines is 1. The van der Waals surface area contributed by atoms with E-state index in [2.05, 4.69) is 29.4 Å². The molecule has 0 saturated carbocycles. The van der Waals surface area contributed by atoms with Crippen molar-refractivity contribution in [1.82, 2.24) is 4.98 Å². The molecule has 0 atom stereocenters. The van der Waals surface area contributed by atoms with Gasteiger partial charge in [-0.25, -0.2) is 4.98 Å². The number of benzene rings is 2. The van der Waals surface area contributed by atoms with E-state index < -0.39 is 0 Å². The smallest absolute Gasteiger partial charge is 0.145 e. The number of nitrogens with one attached hydrogen (secondary N) is 1. The van der Waals surface area contributed by atoms with Crippen molar-refractivity contribution < 1.29 is 9.84 Å². The molecule has 0 aliphatic carbocycles. The van der Waals surface area contributed by atoms with Crippen molar-refractivity contribution in [2.24, 2.45) is 0 Å². The van der Waals surface area contributed by atoms with Crippen molar-refractivity contribution in [2.45, 2.75) is 20.1 Å². The van der Waals surface area contributed by atoms with Gasteiger partial charge in [0.1, 0.15) is 11.3 Å². The molecule has 0 fully saturated rings. The van der Waals surface area contributed by atoms with Crippen LogP contribution < -0.4 is 10.1 Å². The molecule has 126 valence electrons. The summed E-state index contributed by atoms with van der Waals surface area (Å²) >= 11 is 0. The third kappa shape index (κ3) is 3.61. The predicted octanol–water partition coefficient (Wildman–Crippen LogP) is 4.08. The maximum atomic E-state index is 9.48. The van der Waals surface area contributed by atoms with Crippen LogP contribution in [-0.2, 0) is 13.2 Å².